The van der Waals surface area contributed by atoms with E-state index in [1.54, 1.807) is 18.5 Å². The Balaban J connectivity index is 1.56. The molecule has 1 aliphatic heterocycles. The Morgan fingerprint density at radius 2 is 1.75 bits per heavy atom. The van der Waals surface area contributed by atoms with Gasteiger partial charge in [0.1, 0.15) is 17.6 Å². The summed E-state index contributed by atoms with van der Waals surface area (Å²) in [5, 5.41) is 4.98. The van der Waals surface area contributed by atoms with Crippen LogP contribution in [-0.4, -0.2) is 20.0 Å². The number of thiocarbonyl (C=S) groups is 1. The molecule has 5 rings (SSSR count). The average Bonchev–Trinajstić information content (AvgIpc) is 3.42. The van der Waals surface area contributed by atoms with E-state index >= 15 is 0 Å². The first-order valence-corrected chi connectivity index (χ1v) is 11.2. The zero-order valence-corrected chi connectivity index (χ0v) is 19.1. The molecule has 0 spiro atoms. The Morgan fingerprint density at radius 1 is 0.938 bits per heavy atom. The molecule has 0 radical (unpaired) electrons. The van der Waals surface area contributed by atoms with Crippen LogP contribution in [0.1, 0.15) is 29.2 Å². The van der Waals surface area contributed by atoms with E-state index < -0.39 is 0 Å². The van der Waals surface area contributed by atoms with Crippen LogP contribution in [0, 0.1) is 0 Å². The number of nitrogens with zero attached hydrogens (tertiary/aromatic N) is 3. The van der Waals surface area contributed by atoms with Crippen LogP contribution in [0.3, 0.4) is 0 Å². The van der Waals surface area contributed by atoms with Gasteiger partial charge in [0, 0.05) is 18.0 Å². The maximum Gasteiger partial charge on any atom is 0.170 e. The second-order valence-electron chi connectivity index (χ2n) is 7.38. The number of halogens is 2. The van der Waals surface area contributed by atoms with Crippen LogP contribution in [0.5, 0.6) is 0 Å². The average molecular weight is 481 g/mol. The lowest BCUT2D eigenvalue weighted by Crippen LogP contribution is -2.29. The molecule has 0 aliphatic carbocycles. The lowest BCUT2D eigenvalue weighted by Gasteiger charge is -2.25. The summed E-state index contributed by atoms with van der Waals surface area (Å²) in [5.74, 6) is 1.39. The normalized spacial score (nSPS) is 18.1. The number of nitrogens with one attached hydrogen (secondary N) is 1. The van der Waals surface area contributed by atoms with Gasteiger partial charge in [-0.2, -0.15) is 0 Å². The summed E-state index contributed by atoms with van der Waals surface area (Å²) >= 11 is 18.3. The first kappa shape index (κ1) is 20.9. The minimum Gasteiger partial charge on any atom is -0.459 e. The van der Waals surface area contributed by atoms with Crippen molar-refractivity contribution in [3.63, 3.8) is 0 Å². The summed E-state index contributed by atoms with van der Waals surface area (Å²) in [5.41, 5.74) is 2.53. The zero-order chi connectivity index (χ0) is 22.1. The van der Waals surface area contributed by atoms with Crippen LogP contribution in [-0.2, 0) is 6.54 Å². The molecule has 160 valence electrons. The van der Waals surface area contributed by atoms with E-state index in [1.807, 2.05) is 60.7 Å². The Kier molecular flexibility index (Phi) is 5.83. The zero-order valence-electron chi connectivity index (χ0n) is 16.8. The van der Waals surface area contributed by atoms with Gasteiger partial charge in [-0.25, -0.2) is 0 Å². The van der Waals surface area contributed by atoms with Gasteiger partial charge >= 0.3 is 0 Å². The minimum absolute atomic E-state index is 0.179. The van der Waals surface area contributed by atoms with Gasteiger partial charge in [-0.15, -0.1) is 0 Å². The number of benzene rings is 1. The maximum atomic E-state index is 6.43. The molecule has 0 saturated carbocycles. The van der Waals surface area contributed by atoms with Crippen LogP contribution < -0.4 is 5.32 Å². The molecule has 32 heavy (non-hydrogen) atoms. The van der Waals surface area contributed by atoms with Gasteiger partial charge in [0.05, 0.1) is 34.0 Å². The first-order valence-electron chi connectivity index (χ1n) is 10.0. The molecule has 4 aromatic rings. The maximum absolute atomic E-state index is 6.43. The molecule has 8 heteroatoms. The van der Waals surface area contributed by atoms with E-state index in [2.05, 4.69) is 20.2 Å². The van der Waals surface area contributed by atoms with Crippen LogP contribution in [0.15, 0.2) is 83.5 Å². The molecule has 0 amide bonds. The van der Waals surface area contributed by atoms with E-state index in [0.717, 1.165) is 22.7 Å². The van der Waals surface area contributed by atoms with Crippen LogP contribution >= 0.6 is 35.4 Å². The third kappa shape index (κ3) is 3.97. The van der Waals surface area contributed by atoms with E-state index in [4.69, 9.17) is 39.8 Å². The molecule has 1 N–H and O–H groups in total. The molecule has 1 fully saturated rings. The number of furan rings is 1. The highest BCUT2D eigenvalue weighted by molar-refractivity contribution is 7.80. The molecule has 3 aromatic heterocycles. The van der Waals surface area contributed by atoms with Crippen LogP contribution in [0.2, 0.25) is 10.0 Å². The standard InChI is InChI=1S/C24H18Cl2N4OS/c25-17-8-5-7-16(21(17)26)19-10-11-20(31-19)23-22(18-9-2-4-13-28-18)29-24(32)30(23)14-15-6-1-3-12-27-15/h1-13,22-23H,14H2,(H,29,32)/t22-,23-/m1/s1. The van der Waals surface area contributed by atoms with Gasteiger partial charge in [-0.05, 0) is 60.7 Å². The summed E-state index contributed by atoms with van der Waals surface area (Å²) in [6.45, 7) is 0.536. The Hall–Kier alpha value is -2.93. The van der Waals surface area contributed by atoms with Gasteiger partial charge in [-0.1, -0.05) is 41.4 Å². The van der Waals surface area contributed by atoms with Gasteiger partial charge in [0.25, 0.3) is 0 Å². The first-order chi connectivity index (χ1) is 15.6. The Bertz CT molecular complexity index is 1250. The van der Waals surface area contributed by atoms with Crippen molar-refractivity contribution in [2.75, 3.05) is 0 Å². The molecule has 5 nitrogen and oxygen atoms in total. The van der Waals surface area contributed by atoms with Crippen LogP contribution in [0.4, 0.5) is 0 Å². The lowest BCUT2D eigenvalue weighted by atomic mass is 10.0. The summed E-state index contributed by atoms with van der Waals surface area (Å²) in [4.78, 5) is 11.1. The van der Waals surface area contributed by atoms with Crippen molar-refractivity contribution in [2.45, 2.75) is 18.6 Å². The van der Waals surface area contributed by atoms with E-state index in [1.165, 1.54) is 0 Å². The fraction of sp³-hybridized carbons (Fsp3) is 0.125. The van der Waals surface area contributed by atoms with Crippen LogP contribution in [0.25, 0.3) is 11.3 Å². The van der Waals surface area contributed by atoms with E-state index in [9.17, 15) is 0 Å². The second kappa shape index (κ2) is 8.90. The largest absolute Gasteiger partial charge is 0.459 e. The molecule has 4 heterocycles. The number of hydrogen-bond donors (Lipinski definition) is 1. The van der Waals surface area contributed by atoms with Crippen molar-refractivity contribution in [3.05, 3.63) is 106 Å². The van der Waals surface area contributed by atoms with Crippen molar-refractivity contribution in [2.24, 2.45) is 0 Å². The summed E-state index contributed by atoms with van der Waals surface area (Å²) < 4.78 is 6.32. The predicted molar refractivity (Wildman–Crippen MR) is 129 cm³/mol. The van der Waals surface area contributed by atoms with Gasteiger partial charge < -0.3 is 14.6 Å². The molecule has 0 unspecified atom stereocenters. The Morgan fingerprint density at radius 3 is 2.50 bits per heavy atom. The quantitative estimate of drug-likeness (QED) is 0.342. The highest BCUT2D eigenvalue weighted by Gasteiger charge is 2.41. The van der Waals surface area contributed by atoms with Crippen molar-refractivity contribution < 1.29 is 4.42 Å². The SMILES string of the molecule is S=C1N[C@H](c2ccccn2)[C@@H](c2ccc(-c3cccc(Cl)c3Cl)o2)N1Cc1ccccn1. The lowest BCUT2D eigenvalue weighted by molar-refractivity contribution is 0.267. The number of aromatic nitrogens is 2. The molecule has 1 saturated heterocycles. The van der Waals surface area contributed by atoms with Crippen molar-refractivity contribution in [3.8, 4) is 11.3 Å². The molecular formula is C24H18Cl2N4OS. The summed E-state index contributed by atoms with van der Waals surface area (Å²) in [6, 6.07) is 20.6. The van der Waals surface area contributed by atoms with Crippen molar-refractivity contribution >= 4 is 40.5 Å². The van der Waals surface area contributed by atoms with E-state index in [-0.39, 0.29) is 12.1 Å². The topological polar surface area (TPSA) is 54.2 Å². The second-order valence-corrected chi connectivity index (χ2v) is 8.55. The highest BCUT2D eigenvalue weighted by Crippen LogP contribution is 2.42. The van der Waals surface area contributed by atoms with Gasteiger partial charge in [-0.3, -0.25) is 9.97 Å². The van der Waals surface area contributed by atoms with Gasteiger partial charge in [0.2, 0.25) is 0 Å². The van der Waals surface area contributed by atoms with E-state index in [0.29, 0.717) is 27.5 Å². The fourth-order valence-corrected chi connectivity index (χ4v) is 4.60. The Labute approximate surface area is 201 Å². The summed E-state index contributed by atoms with van der Waals surface area (Å²) in [7, 11) is 0. The molecule has 0 bridgehead atoms. The highest BCUT2D eigenvalue weighted by atomic mass is 35.5. The third-order valence-corrected chi connectivity index (χ3v) is 6.56. The minimum atomic E-state index is -0.217. The molecule has 2 atom stereocenters. The predicted octanol–water partition coefficient (Wildman–Crippen LogP) is 6.22. The fourth-order valence-electron chi connectivity index (χ4n) is 3.90. The van der Waals surface area contributed by atoms with Crippen molar-refractivity contribution in [1.82, 2.24) is 20.2 Å². The summed E-state index contributed by atoms with van der Waals surface area (Å²) in [6.07, 6.45) is 3.55. The molecule has 1 aliphatic rings. The molecular weight excluding hydrogens is 463 g/mol. The number of rotatable bonds is 5. The molecule has 1 aromatic carbocycles. The monoisotopic (exact) mass is 480 g/mol. The number of hydrogen-bond acceptors (Lipinski definition) is 4. The number of pyridine rings is 2. The smallest absolute Gasteiger partial charge is 0.170 e. The van der Waals surface area contributed by atoms with Gasteiger partial charge in [0.15, 0.2) is 5.11 Å². The van der Waals surface area contributed by atoms with Crippen molar-refractivity contribution in [1.29, 1.82) is 0 Å². The third-order valence-electron chi connectivity index (χ3n) is 5.39.